The van der Waals surface area contributed by atoms with Gasteiger partial charge in [0.2, 0.25) is 5.11 Å². The van der Waals surface area contributed by atoms with E-state index in [1.54, 1.807) is 61.0 Å². The van der Waals surface area contributed by atoms with Gasteiger partial charge < -0.3 is 10.2 Å². The van der Waals surface area contributed by atoms with Crippen LogP contribution in [-0.4, -0.2) is 27.8 Å². The second-order valence-electron chi connectivity index (χ2n) is 4.12. The molecule has 6 heteroatoms. The molecule has 106 valence electrons. The van der Waals surface area contributed by atoms with Crippen LogP contribution < -0.4 is 5.43 Å². The molecule has 0 bridgehead atoms. The number of nitrogens with one attached hydrogen (secondary N) is 1. The van der Waals surface area contributed by atoms with E-state index in [-0.39, 0.29) is 16.6 Å². The minimum absolute atomic E-state index is 0.200. The molecule has 0 saturated carbocycles. The summed E-state index contributed by atoms with van der Waals surface area (Å²) in [6.45, 7) is 0. The average molecular weight is 299 g/mol. The van der Waals surface area contributed by atoms with Crippen molar-refractivity contribution in [2.45, 2.75) is 0 Å². The van der Waals surface area contributed by atoms with Gasteiger partial charge in [0.05, 0.1) is 6.21 Å². The summed E-state index contributed by atoms with van der Waals surface area (Å²) in [6, 6.07) is 13.2. The number of hydrogen-bond donors (Lipinski definition) is 3. The van der Waals surface area contributed by atoms with Crippen LogP contribution in [0.4, 0.5) is 0 Å². The molecule has 2 rings (SSSR count). The number of nitrogens with zero attached hydrogens (tertiary/aromatic N) is 2. The van der Waals surface area contributed by atoms with Crippen LogP contribution in [0.15, 0.2) is 58.6 Å². The van der Waals surface area contributed by atoms with Gasteiger partial charge in [-0.15, -0.1) is 0 Å². The predicted molar refractivity (Wildman–Crippen MR) is 87.1 cm³/mol. The molecule has 0 fully saturated rings. The number of hydrazone groups is 1. The molecule has 0 unspecified atom stereocenters. The smallest absolute Gasteiger partial charge is 0.213 e. The van der Waals surface area contributed by atoms with Crippen molar-refractivity contribution in [3.63, 3.8) is 0 Å². The van der Waals surface area contributed by atoms with E-state index in [0.29, 0.717) is 0 Å². The summed E-state index contributed by atoms with van der Waals surface area (Å²) in [5.74, 6) is 0.403. The van der Waals surface area contributed by atoms with Crippen LogP contribution in [0.5, 0.6) is 11.5 Å². The molecule has 0 spiro atoms. The zero-order valence-electron chi connectivity index (χ0n) is 11.0. The lowest BCUT2D eigenvalue weighted by Gasteiger charge is -1.97. The minimum Gasteiger partial charge on any atom is -0.508 e. The Hall–Kier alpha value is -2.73. The van der Waals surface area contributed by atoms with Crippen molar-refractivity contribution in [1.82, 2.24) is 5.43 Å². The van der Waals surface area contributed by atoms with Gasteiger partial charge in [-0.25, -0.2) is 4.99 Å². The van der Waals surface area contributed by atoms with Crippen molar-refractivity contribution in [1.29, 1.82) is 0 Å². The van der Waals surface area contributed by atoms with E-state index in [1.165, 1.54) is 0 Å². The summed E-state index contributed by atoms with van der Waals surface area (Å²) in [4.78, 5) is 4.03. The van der Waals surface area contributed by atoms with Gasteiger partial charge in [-0.2, -0.15) is 5.10 Å². The van der Waals surface area contributed by atoms with E-state index < -0.39 is 0 Å². The Morgan fingerprint density at radius 3 is 1.86 bits per heavy atom. The molecule has 0 aliphatic carbocycles. The largest absolute Gasteiger partial charge is 0.508 e. The molecule has 0 radical (unpaired) electrons. The third-order valence-corrected chi connectivity index (χ3v) is 2.69. The van der Waals surface area contributed by atoms with Gasteiger partial charge in [-0.1, -0.05) is 0 Å². The lowest BCUT2D eigenvalue weighted by atomic mass is 10.2. The summed E-state index contributed by atoms with van der Waals surface area (Å²) < 4.78 is 0. The van der Waals surface area contributed by atoms with Gasteiger partial charge in [0.1, 0.15) is 11.5 Å². The highest BCUT2D eigenvalue weighted by molar-refractivity contribution is 7.80. The van der Waals surface area contributed by atoms with Crippen molar-refractivity contribution in [3.8, 4) is 11.5 Å². The SMILES string of the molecule is Oc1ccc(/C=N/NC(=S)/N=C/c2ccc(O)cc2)cc1. The molecule has 2 aromatic rings. The molecule has 2 aromatic carbocycles. The highest BCUT2D eigenvalue weighted by Gasteiger charge is 1.92. The summed E-state index contributed by atoms with van der Waals surface area (Å²) >= 11 is 5.00. The molecule has 5 nitrogen and oxygen atoms in total. The predicted octanol–water partition coefficient (Wildman–Crippen LogP) is 2.43. The van der Waals surface area contributed by atoms with Gasteiger partial charge in [0, 0.05) is 6.21 Å². The van der Waals surface area contributed by atoms with Crippen LogP contribution in [-0.2, 0) is 0 Å². The van der Waals surface area contributed by atoms with Gasteiger partial charge in [-0.05, 0) is 71.9 Å². The molecule has 0 aromatic heterocycles. The maximum atomic E-state index is 9.16. The van der Waals surface area contributed by atoms with E-state index in [9.17, 15) is 0 Å². The lowest BCUT2D eigenvalue weighted by molar-refractivity contribution is 0.475. The number of thiocarbonyl (C=S) groups is 1. The Morgan fingerprint density at radius 2 is 1.33 bits per heavy atom. The zero-order chi connectivity index (χ0) is 15.1. The van der Waals surface area contributed by atoms with Crippen LogP contribution in [0.25, 0.3) is 0 Å². The number of phenolic OH excluding ortho intramolecular Hbond substituents is 2. The van der Waals surface area contributed by atoms with Crippen molar-refractivity contribution in [3.05, 3.63) is 59.7 Å². The van der Waals surface area contributed by atoms with E-state index in [2.05, 4.69) is 15.5 Å². The Kier molecular flexibility index (Phi) is 5.00. The molecular formula is C15H13N3O2S. The Morgan fingerprint density at radius 1 is 0.857 bits per heavy atom. The van der Waals surface area contributed by atoms with Crippen molar-refractivity contribution < 1.29 is 10.2 Å². The van der Waals surface area contributed by atoms with Gasteiger partial charge in [0.15, 0.2) is 0 Å². The molecule has 0 atom stereocenters. The fraction of sp³-hybridized carbons (Fsp3) is 0. The lowest BCUT2D eigenvalue weighted by Crippen LogP contribution is -2.12. The van der Waals surface area contributed by atoms with E-state index in [1.807, 2.05) is 0 Å². The summed E-state index contributed by atoms with van der Waals surface area (Å²) in [7, 11) is 0. The molecule has 21 heavy (non-hydrogen) atoms. The van der Waals surface area contributed by atoms with Crippen LogP contribution >= 0.6 is 12.2 Å². The first-order valence-electron chi connectivity index (χ1n) is 6.09. The van der Waals surface area contributed by atoms with Gasteiger partial charge in [0.25, 0.3) is 0 Å². The molecule has 0 heterocycles. The quantitative estimate of drug-likeness (QED) is 0.462. The third-order valence-electron chi connectivity index (χ3n) is 2.49. The Labute approximate surface area is 127 Å². The van der Waals surface area contributed by atoms with Crippen molar-refractivity contribution >= 4 is 29.8 Å². The molecule has 3 N–H and O–H groups in total. The normalized spacial score (nSPS) is 11.0. The van der Waals surface area contributed by atoms with Gasteiger partial charge >= 0.3 is 0 Å². The molecule has 0 aliphatic rings. The number of aliphatic imine (C=N–C) groups is 1. The second-order valence-corrected chi connectivity index (χ2v) is 4.50. The summed E-state index contributed by atoms with van der Waals surface area (Å²) in [6.07, 6.45) is 3.15. The van der Waals surface area contributed by atoms with Crippen LogP contribution in [0.1, 0.15) is 11.1 Å². The highest BCUT2D eigenvalue weighted by Crippen LogP contribution is 2.08. The molecule has 0 saturated heterocycles. The first-order chi connectivity index (χ1) is 10.1. The first-order valence-corrected chi connectivity index (χ1v) is 6.49. The standard InChI is InChI=1S/C15H13N3O2S/c19-13-5-1-11(2-6-13)9-16-15(21)18-17-10-12-3-7-14(20)8-4-12/h1-10,19-20H,(H,18,21)/b16-9+,17-10+. The molecule has 0 aliphatic heterocycles. The fourth-order valence-electron chi connectivity index (χ4n) is 1.44. The van der Waals surface area contributed by atoms with Crippen LogP contribution in [0.3, 0.4) is 0 Å². The van der Waals surface area contributed by atoms with Crippen LogP contribution in [0, 0.1) is 0 Å². The van der Waals surface area contributed by atoms with E-state index >= 15 is 0 Å². The third kappa shape index (κ3) is 5.04. The Balaban J connectivity index is 1.87. The van der Waals surface area contributed by atoms with E-state index in [0.717, 1.165) is 11.1 Å². The summed E-state index contributed by atoms with van der Waals surface area (Å²) in [5, 5.41) is 22.5. The van der Waals surface area contributed by atoms with Crippen molar-refractivity contribution in [2.75, 3.05) is 0 Å². The number of rotatable bonds is 3. The number of hydrogen-bond acceptors (Lipinski definition) is 4. The number of benzene rings is 2. The average Bonchev–Trinajstić information content (AvgIpc) is 2.49. The number of aromatic hydroxyl groups is 2. The number of phenols is 2. The van der Waals surface area contributed by atoms with Crippen molar-refractivity contribution in [2.24, 2.45) is 10.1 Å². The van der Waals surface area contributed by atoms with Gasteiger partial charge in [-0.3, -0.25) is 5.43 Å². The molecular weight excluding hydrogens is 286 g/mol. The zero-order valence-corrected chi connectivity index (χ0v) is 11.8. The molecule has 0 amide bonds. The summed E-state index contributed by atoms with van der Waals surface area (Å²) in [5.41, 5.74) is 4.26. The fourth-order valence-corrected chi connectivity index (χ4v) is 1.55. The maximum absolute atomic E-state index is 9.16. The first kappa shape index (κ1) is 14.7. The second kappa shape index (κ2) is 7.16. The topological polar surface area (TPSA) is 77.2 Å². The Bertz CT molecular complexity index is 664. The van der Waals surface area contributed by atoms with E-state index in [4.69, 9.17) is 22.4 Å². The maximum Gasteiger partial charge on any atom is 0.213 e. The van der Waals surface area contributed by atoms with Crippen LogP contribution in [0.2, 0.25) is 0 Å². The minimum atomic E-state index is 0.200. The monoisotopic (exact) mass is 299 g/mol. The highest BCUT2D eigenvalue weighted by atomic mass is 32.1.